The number of carbonyl (C=O) groups excluding carboxylic acids is 1. The van der Waals surface area contributed by atoms with Crippen LogP contribution in [0.4, 0.5) is 27.6 Å². The van der Waals surface area contributed by atoms with Crippen LogP contribution in [0.3, 0.4) is 0 Å². The highest BCUT2D eigenvalue weighted by molar-refractivity contribution is 7.99. The third-order valence-corrected chi connectivity index (χ3v) is 4.08. The van der Waals surface area contributed by atoms with Gasteiger partial charge in [-0.3, -0.25) is 4.79 Å². The predicted molar refractivity (Wildman–Crippen MR) is 85.3 cm³/mol. The maximum Gasteiger partial charge on any atom is 0.235 e. The fourth-order valence-electron chi connectivity index (χ4n) is 1.99. The molecule has 3 aromatic rings. The normalized spacial score (nSPS) is 10.9. The van der Waals surface area contributed by atoms with Crippen LogP contribution in [0, 0.1) is 29.1 Å². The molecule has 140 valence electrons. The van der Waals surface area contributed by atoms with Crippen molar-refractivity contribution in [3.8, 4) is 11.5 Å². The highest BCUT2D eigenvalue weighted by Crippen LogP contribution is 2.27. The van der Waals surface area contributed by atoms with Gasteiger partial charge in [0.1, 0.15) is 11.4 Å². The van der Waals surface area contributed by atoms with Crippen LogP contribution in [-0.4, -0.2) is 21.6 Å². The Morgan fingerprint density at radius 1 is 1.04 bits per heavy atom. The lowest BCUT2D eigenvalue weighted by molar-refractivity contribution is -0.113. The van der Waals surface area contributed by atoms with Crippen molar-refractivity contribution in [1.29, 1.82) is 0 Å². The lowest BCUT2D eigenvalue weighted by Crippen LogP contribution is -2.18. The quantitative estimate of drug-likeness (QED) is 0.229. The van der Waals surface area contributed by atoms with Crippen LogP contribution in [0.2, 0.25) is 0 Å². The SMILES string of the molecule is O=C(CSc1nccc(-c2ccco2)n1)Nc1c(F)c(F)c(F)c(F)c1F. The Morgan fingerprint density at radius 3 is 2.33 bits per heavy atom. The van der Waals surface area contributed by atoms with E-state index in [1.807, 2.05) is 0 Å². The van der Waals surface area contributed by atoms with Crippen molar-refractivity contribution in [2.24, 2.45) is 0 Å². The molecule has 1 N–H and O–H groups in total. The molecule has 3 rings (SSSR count). The third kappa shape index (κ3) is 3.92. The van der Waals surface area contributed by atoms with Crippen molar-refractivity contribution in [3.05, 3.63) is 59.7 Å². The molecule has 0 atom stereocenters. The number of benzene rings is 1. The van der Waals surface area contributed by atoms with Crippen molar-refractivity contribution < 1.29 is 31.2 Å². The van der Waals surface area contributed by atoms with Crippen molar-refractivity contribution in [1.82, 2.24) is 9.97 Å². The summed E-state index contributed by atoms with van der Waals surface area (Å²) >= 11 is 0.800. The van der Waals surface area contributed by atoms with Gasteiger partial charge in [-0.05, 0) is 18.2 Å². The fourth-order valence-corrected chi connectivity index (χ4v) is 2.62. The molecule has 0 aliphatic carbocycles. The molecule has 11 heteroatoms. The Bertz CT molecular complexity index is 969. The van der Waals surface area contributed by atoms with Crippen LogP contribution in [-0.2, 0) is 4.79 Å². The third-order valence-electron chi connectivity index (χ3n) is 3.21. The van der Waals surface area contributed by atoms with Crippen molar-refractivity contribution in [3.63, 3.8) is 0 Å². The Hall–Kier alpha value is -2.95. The molecule has 0 spiro atoms. The monoisotopic (exact) mass is 401 g/mol. The summed E-state index contributed by atoms with van der Waals surface area (Å²) in [5.41, 5.74) is -0.972. The van der Waals surface area contributed by atoms with Crippen LogP contribution in [0.15, 0.2) is 40.2 Å². The molecule has 1 aromatic carbocycles. The largest absolute Gasteiger partial charge is 0.463 e. The molecule has 0 saturated heterocycles. The molecule has 2 aromatic heterocycles. The summed E-state index contributed by atoms with van der Waals surface area (Å²) in [5, 5.41) is 1.82. The number of nitrogens with zero attached hydrogens (tertiary/aromatic N) is 2. The van der Waals surface area contributed by atoms with E-state index in [1.165, 1.54) is 12.5 Å². The second kappa shape index (κ2) is 7.74. The number of rotatable bonds is 5. The maximum absolute atomic E-state index is 13.6. The van der Waals surface area contributed by atoms with Crippen LogP contribution in [0.5, 0.6) is 0 Å². The Kier molecular flexibility index (Phi) is 5.40. The van der Waals surface area contributed by atoms with E-state index in [0.29, 0.717) is 11.5 Å². The lowest BCUT2D eigenvalue weighted by Gasteiger charge is -2.09. The summed E-state index contributed by atoms with van der Waals surface area (Å²) in [6.07, 6.45) is 2.86. The summed E-state index contributed by atoms with van der Waals surface area (Å²) in [6.45, 7) is 0. The van der Waals surface area contributed by atoms with Gasteiger partial charge in [0.05, 0.1) is 12.0 Å². The Morgan fingerprint density at radius 2 is 1.70 bits per heavy atom. The van der Waals surface area contributed by atoms with Gasteiger partial charge in [-0.2, -0.15) is 0 Å². The highest BCUT2D eigenvalue weighted by atomic mass is 32.2. The van der Waals surface area contributed by atoms with Crippen LogP contribution in [0.1, 0.15) is 0 Å². The van der Waals surface area contributed by atoms with E-state index in [4.69, 9.17) is 4.42 Å². The molecule has 0 saturated carbocycles. The smallest absolute Gasteiger partial charge is 0.235 e. The molecular formula is C16H8F5N3O2S. The predicted octanol–water partition coefficient (Wildman–Crippen LogP) is 4.16. The second-order valence-electron chi connectivity index (χ2n) is 4.98. The zero-order valence-corrected chi connectivity index (χ0v) is 13.9. The van der Waals surface area contributed by atoms with Gasteiger partial charge >= 0.3 is 0 Å². The average Bonchev–Trinajstić information content (AvgIpc) is 3.22. The Labute approximate surface area is 152 Å². The minimum absolute atomic E-state index is 0.150. The summed E-state index contributed by atoms with van der Waals surface area (Å²) in [6, 6.07) is 4.88. The molecule has 2 heterocycles. The number of halogens is 5. The molecule has 5 nitrogen and oxygen atoms in total. The first-order valence-electron chi connectivity index (χ1n) is 7.19. The second-order valence-corrected chi connectivity index (χ2v) is 5.93. The van der Waals surface area contributed by atoms with Gasteiger partial charge in [-0.15, -0.1) is 0 Å². The minimum atomic E-state index is -2.31. The number of nitrogens with one attached hydrogen (secondary N) is 1. The molecule has 0 fully saturated rings. The van der Waals surface area contributed by atoms with Crippen LogP contribution >= 0.6 is 11.8 Å². The molecule has 0 bridgehead atoms. The number of anilines is 1. The van der Waals surface area contributed by atoms with Crippen molar-refractivity contribution in [2.75, 3.05) is 11.1 Å². The van der Waals surface area contributed by atoms with E-state index in [1.54, 1.807) is 23.5 Å². The van der Waals surface area contributed by atoms with Gasteiger partial charge in [-0.25, -0.2) is 31.9 Å². The number of hydrogen-bond acceptors (Lipinski definition) is 5. The van der Waals surface area contributed by atoms with E-state index in [-0.39, 0.29) is 5.16 Å². The average molecular weight is 401 g/mol. The molecule has 0 aliphatic heterocycles. The standard InChI is InChI=1S/C16H8F5N3O2S/c17-10-11(18)13(20)15(14(21)12(10)19)24-9(25)6-27-16-22-4-3-7(23-16)8-2-1-5-26-8/h1-5H,6H2,(H,24,25). The van der Waals surface area contributed by atoms with Gasteiger partial charge in [0.15, 0.2) is 34.2 Å². The first kappa shape index (κ1) is 18.8. The number of amides is 1. The van der Waals surface area contributed by atoms with Crippen LogP contribution < -0.4 is 5.32 Å². The summed E-state index contributed by atoms with van der Waals surface area (Å²) < 4.78 is 71.6. The van der Waals surface area contributed by atoms with E-state index in [2.05, 4.69) is 9.97 Å². The van der Waals surface area contributed by atoms with Crippen molar-refractivity contribution >= 4 is 23.4 Å². The minimum Gasteiger partial charge on any atom is -0.463 e. The van der Waals surface area contributed by atoms with Crippen LogP contribution in [0.25, 0.3) is 11.5 Å². The van der Waals surface area contributed by atoms with Gasteiger partial charge in [0.25, 0.3) is 0 Å². The summed E-state index contributed by atoms with van der Waals surface area (Å²) in [4.78, 5) is 19.9. The lowest BCUT2D eigenvalue weighted by atomic mass is 10.2. The fraction of sp³-hybridized carbons (Fsp3) is 0.0625. The first-order chi connectivity index (χ1) is 12.9. The zero-order chi connectivity index (χ0) is 19.6. The van der Waals surface area contributed by atoms with E-state index < -0.39 is 46.4 Å². The van der Waals surface area contributed by atoms with E-state index in [9.17, 15) is 26.7 Å². The molecule has 0 radical (unpaired) electrons. The number of hydrogen-bond donors (Lipinski definition) is 1. The van der Waals surface area contributed by atoms with E-state index in [0.717, 1.165) is 11.8 Å². The topological polar surface area (TPSA) is 68.0 Å². The van der Waals surface area contributed by atoms with Gasteiger partial charge in [0.2, 0.25) is 11.7 Å². The number of carbonyl (C=O) groups is 1. The molecule has 0 unspecified atom stereocenters. The van der Waals surface area contributed by atoms with Crippen molar-refractivity contribution in [2.45, 2.75) is 5.16 Å². The van der Waals surface area contributed by atoms with E-state index >= 15 is 0 Å². The molecule has 27 heavy (non-hydrogen) atoms. The van der Waals surface area contributed by atoms with Gasteiger partial charge in [0, 0.05) is 6.20 Å². The summed E-state index contributed by atoms with van der Waals surface area (Å²) in [5.74, 6) is -11.8. The van der Waals surface area contributed by atoms with Gasteiger partial charge in [-0.1, -0.05) is 11.8 Å². The first-order valence-corrected chi connectivity index (χ1v) is 8.18. The molecular weight excluding hydrogens is 393 g/mol. The number of thioether (sulfide) groups is 1. The molecule has 0 aliphatic rings. The summed E-state index contributed by atoms with van der Waals surface area (Å²) in [7, 11) is 0. The number of furan rings is 1. The highest BCUT2D eigenvalue weighted by Gasteiger charge is 2.26. The Balaban J connectivity index is 1.70. The van der Waals surface area contributed by atoms with Gasteiger partial charge < -0.3 is 9.73 Å². The maximum atomic E-state index is 13.6. The zero-order valence-electron chi connectivity index (χ0n) is 13.1. The molecule has 1 amide bonds. The number of aromatic nitrogens is 2.